The van der Waals surface area contributed by atoms with Gasteiger partial charge in [0.1, 0.15) is 6.17 Å². The smallest absolute Gasteiger partial charge is 0.450 e. The molecule has 272 valence electrons. The van der Waals surface area contributed by atoms with Crippen LogP contribution in [0.5, 0.6) is 0 Å². The molecule has 3 fully saturated rings. The van der Waals surface area contributed by atoms with Crippen LogP contribution < -0.4 is 0 Å². The van der Waals surface area contributed by atoms with E-state index in [1.165, 1.54) is 19.9 Å². The van der Waals surface area contributed by atoms with Crippen LogP contribution in [0.4, 0.5) is 13.6 Å². The van der Waals surface area contributed by atoms with Gasteiger partial charge in [-0.25, -0.2) is 13.6 Å². The second-order valence-corrected chi connectivity index (χ2v) is 13.4. The molecule has 18 heteroatoms. The first-order chi connectivity index (χ1) is 22.9. The van der Waals surface area contributed by atoms with E-state index in [2.05, 4.69) is 9.68 Å². The fourth-order valence-electron chi connectivity index (χ4n) is 8.75. The molecule has 0 saturated heterocycles. The first-order valence-corrected chi connectivity index (χ1v) is 16.0. The van der Waals surface area contributed by atoms with E-state index in [4.69, 9.17) is 14.2 Å². The number of hydrogen-bond donors (Lipinski definition) is 1. The lowest BCUT2D eigenvalue weighted by Gasteiger charge is -2.63. The van der Waals surface area contributed by atoms with E-state index in [9.17, 15) is 44.5 Å². The number of aliphatic hydroxyl groups excluding tert-OH is 1. The number of esters is 1. The Morgan fingerprint density at radius 3 is 2.29 bits per heavy atom. The highest BCUT2D eigenvalue weighted by molar-refractivity contribution is 6.01. The summed E-state index contributed by atoms with van der Waals surface area (Å²) in [6, 6.07) is 0. The van der Waals surface area contributed by atoms with Gasteiger partial charge in [-0.2, -0.15) is 0 Å². The van der Waals surface area contributed by atoms with Crippen LogP contribution >= 0.6 is 0 Å². The van der Waals surface area contributed by atoms with Gasteiger partial charge in [0.05, 0.1) is 25.9 Å². The van der Waals surface area contributed by atoms with E-state index in [1.807, 2.05) is 0 Å². The molecule has 1 N–H and O–H groups in total. The predicted octanol–water partition coefficient (Wildman–Crippen LogP) is 3.53. The summed E-state index contributed by atoms with van der Waals surface area (Å²) in [6.45, 7) is 2.68. The molecule has 2 unspecified atom stereocenters. The van der Waals surface area contributed by atoms with Crippen molar-refractivity contribution in [2.24, 2.45) is 28.6 Å². The van der Waals surface area contributed by atoms with E-state index in [0.29, 0.717) is 0 Å². The molecule has 0 heterocycles. The van der Waals surface area contributed by atoms with Crippen molar-refractivity contribution in [3.63, 3.8) is 0 Å². The fourth-order valence-corrected chi connectivity index (χ4v) is 8.75. The highest BCUT2D eigenvalue weighted by atomic mass is 19.1. The van der Waals surface area contributed by atoms with Crippen molar-refractivity contribution in [1.82, 2.24) is 0 Å². The number of nitrogens with zero attached hydrogens (tertiary/aromatic N) is 2. The van der Waals surface area contributed by atoms with Gasteiger partial charge >= 0.3 is 12.1 Å². The van der Waals surface area contributed by atoms with Crippen LogP contribution in [-0.4, -0.2) is 88.9 Å². The van der Waals surface area contributed by atoms with Gasteiger partial charge in [0.15, 0.2) is 23.7 Å². The zero-order valence-corrected chi connectivity index (χ0v) is 27.3. The van der Waals surface area contributed by atoms with Gasteiger partial charge in [0, 0.05) is 29.1 Å². The van der Waals surface area contributed by atoms with Crippen LogP contribution in [0.15, 0.2) is 23.8 Å². The molecule has 4 rings (SSSR count). The van der Waals surface area contributed by atoms with Crippen molar-refractivity contribution >= 4 is 23.7 Å². The van der Waals surface area contributed by atoms with Gasteiger partial charge in [-0.15, -0.1) is 20.2 Å². The van der Waals surface area contributed by atoms with Gasteiger partial charge in [0.25, 0.3) is 10.2 Å². The van der Waals surface area contributed by atoms with Gasteiger partial charge in [-0.3, -0.25) is 14.4 Å². The molecular formula is C31H40F2N2O14. The SMILES string of the molecule is C[C@@H]1CC2C3C[C@H](F)C4=CC(=O)C=C[C@]4(C)[C@@]3(F)[C@@H](O)C[C@]2(C)[C@@]1(OC(=O)CCCO[N+](=O)[O-])C(=O)COC(=O)OCCCCO[N+](=O)[O-]. The van der Waals surface area contributed by atoms with Crippen molar-refractivity contribution in [1.29, 1.82) is 0 Å². The summed E-state index contributed by atoms with van der Waals surface area (Å²) in [7, 11) is 0. The van der Waals surface area contributed by atoms with E-state index in [1.54, 1.807) is 6.92 Å². The van der Waals surface area contributed by atoms with E-state index in [-0.39, 0.29) is 44.5 Å². The Bertz CT molecular complexity index is 1420. The zero-order valence-electron chi connectivity index (χ0n) is 27.3. The summed E-state index contributed by atoms with van der Waals surface area (Å²) in [5.74, 6) is -5.29. The second kappa shape index (κ2) is 14.3. The monoisotopic (exact) mass is 702 g/mol. The van der Waals surface area contributed by atoms with Crippen LogP contribution in [-0.2, 0) is 38.3 Å². The number of allylic oxidation sites excluding steroid dienone is 4. The number of hydrogen-bond acceptors (Lipinski definition) is 14. The number of ether oxygens (including phenoxy) is 3. The summed E-state index contributed by atoms with van der Waals surface area (Å²) in [6.07, 6.45) is -2.42. The molecule has 0 aromatic heterocycles. The molecule has 0 aromatic carbocycles. The van der Waals surface area contributed by atoms with Gasteiger partial charge in [-0.1, -0.05) is 19.9 Å². The fraction of sp³-hybridized carbons (Fsp3) is 0.742. The number of ketones is 2. The maximum atomic E-state index is 17.6. The lowest BCUT2D eigenvalue weighted by molar-refractivity contribution is -0.757. The Hall–Kier alpha value is -4.22. The van der Waals surface area contributed by atoms with Crippen molar-refractivity contribution in [3.05, 3.63) is 44.0 Å². The number of unbranched alkanes of at least 4 members (excludes halogenated alkanes) is 1. The number of halogens is 2. The quantitative estimate of drug-likeness (QED) is 0.112. The molecule has 49 heavy (non-hydrogen) atoms. The van der Waals surface area contributed by atoms with Crippen LogP contribution in [0.25, 0.3) is 0 Å². The maximum Gasteiger partial charge on any atom is 0.508 e. The number of rotatable bonds is 15. The minimum absolute atomic E-state index is 0.0458. The minimum Gasteiger partial charge on any atom is -0.450 e. The Labute approximate surface area is 279 Å². The van der Waals surface area contributed by atoms with Crippen molar-refractivity contribution in [2.45, 2.75) is 89.3 Å². The number of carbonyl (C=O) groups is 4. The van der Waals surface area contributed by atoms with Crippen molar-refractivity contribution < 1.29 is 67.1 Å². The number of Topliss-reactive ketones (excluding diaryl/α,β-unsaturated/α-hetero) is 1. The summed E-state index contributed by atoms with van der Waals surface area (Å²) in [5, 5.41) is 30.4. The maximum absolute atomic E-state index is 17.6. The lowest BCUT2D eigenvalue weighted by Crippen LogP contribution is -2.71. The van der Waals surface area contributed by atoms with Gasteiger partial charge in [-0.05, 0) is 69.1 Å². The average molecular weight is 703 g/mol. The molecule has 4 aliphatic rings. The standard InChI is InChI=1S/C31H40F2N2O14/c1-18-13-20-21-15-23(32)22-14-19(36)8-9-28(22,2)30(21,33)24(37)16-29(20,3)31(18,49-26(39)7-6-12-48-35(43)44)25(38)17-46-27(40)45-10-4-5-11-47-34(41)42/h8-9,14,18,20-21,23-24,37H,4-7,10-13,15-17H2,1-3H3/t18-,20?,21?,23+,24+,28+,29+,30+,31+/m1/s1. The van der Waals surface area contributed by atoms with Gasteiger partial charge in [0.2, 0.25) is 5.78 Å². The first-order valence-electron chi connectivity index (χ1n) is 16.0. The van der Waals surface area contributed by atoms with Crippen LogP contribution in [0.2, 0.25) is 0 Å². The molecule has 0 aliphatic heterocycles. The molecule has 0 spiro atoms. The highest BCUT2D eigenvalue weighted by Crippen LogP contribution is 2.71. The van der Waals surface area contributed by atoms with E-state index < -0.39 is 118 Å². The lowest BCUT2D eigenvalue weighted by atomic mass is 9.44. The number of alkyl halides is 2. The number of carbonyl (C=O) groups excluding carboxylic acids is 4. The molecule has 9 atom stereocenters. The van der Waals surface area contributed by atoms with Crippen LogP contribution in [0, 0.1) is 48.8 Å². The number of aliphatic hydroxyl groups is 1. The van der Waals surface area contributed by atoms with E-state index in [0.717, 1.165) is 12.2 Å². The zero-order chi connectivity index (χ0) is 36.4. The summed E-state index contributed by atoms with van der Waals surface area (Å²) in [4.78, 5) is 81.1. The molecule has 16 nitrogen and oxygen atoms in total. The molecule has 0 aromatic rings. The van der Waals surface area contributed by atoms with Crippen molar-refractivity contribution in [2.75, 3.05) is 26.4 Å². The predicted molar refractivity (Wildman–Crippen MR) is 159 cm³/mol. The molecule has 3 saturated carbocycles. The third-order valence-electron chi connectivity index (χ3n) is 10.9. The summed E-state index contributed by atoms with van der Waals surface area (Å²) < 4.78 is 49.4. The second-order valence-electron chi connectivity index (χ2n) is 13.4. The Morgan fingerprint density at radius 1 is 1.00 bits per heavy atom. The Kier molecular flexibility index (Phi) is 11.0. The molecule has 0 radical (unpaired) electrons. The average Bonchev–Trinajstić information content (AvgIpc) is 3.24. The molecular weight excluding hydrogens is 662 g/mol. The van der Waals surface area contributed by atoms with Gasteiger partial charge < -0.3 is 29.0 Å². The topological polar surface area (TPSA) is 221 Å². The van der Waals surface area contributed by atoms with E-state index >= 15 is 8.78 Å². The molecule has 0 amide bonds. The summed E-state index contributed by atoms with van der Waals surface area (Å²) in [5.41, 5.74) is -7.90. The normalized spacial score (nSPS) is 35.9. The first kappa shape index (κ1) is 37.6. The number of fused-ring (bicyclic) bond motifs is 5. The Morgan fingerprint density at radius 2 is 1.63 bits per heavy atom. The molecule has 4 aliphatic carbocycles. The Balaban J connectivity index is 1.61. The third-order valence-corrected chi connectivity index (χ3v) is 10.9. The van der Waals surface area contributed by atoms with Crippen LogP contribution in [0.1, 0.15) is 65.7 Å². The third kappa shape index (κ3) is 6.70. The summed E-state index contributed by atoms with van der Waals surface area (Å²) >= 11 is 0. The highest BCUT2D eigenvalue weighted by Gasteiger charge is 2.78. The largest absolute Gasteiger partial charge is 0.508 e. The minimum atomic E-state index is -2.48. The molecule has 0 bridgehead atoms. The van der Waals surface area contributed by atoms with Crippen molar-refractivity contribution in [3.8, 4) is 0 Å². The van der Waals surface area contributed by atoms with Crippen LogP contribution in [0.3, 0.4) is 0 Å².